The minimum absolute atomic E-state index is 0.0440. The summed E-state index contributed by atoms with van der Waals surface area (Å²) in [7, 11) is 0. The molecule has 0 fully saturated rings. The van der Waals surface area contributed by atoms with Crippen molar-refractivity contribution < 1.29 is 9.47 Å². The second-order valence-corrected chi connectivity index (χ2v) is 6.71. The predicted molar refractivity (Wildman–Crippen MR) is 97.3 cm³/mol. The summed E-state index contributed by atoms with van der Waals surface area (Å²) in [5.41, 5.74) is 4.93. The Balaban J connectivity index is 1.94. The Morgan fingerprint density at radius 1 is 1.00 bits per heavy atom. The van der Waals surface area contributed by atoms with Gasteiger partial charge in [-0.2, -0.15) is 0 Å². The first kappa shape index (κ1) is 14.8. The molecule has 0 atom stereocenters. The van der Waals surface area contributed by atoms with Crippen LogP contribution in [0.5, 0.6) is 11.5 Å². The van der Waals surface area contributed by atoms with Crippen molar-refractivity contribution >= 4 is 0 Å². The van der Waals surface area contributed by atoms with E-state index in [9.17, 15) is 0 Å². The summed E-state index contributed by atoms with van der Waals surface area (Å²) in [6.07, 6.45) is 5.47. The number of fused-ring (bicyclic) bond motifs is 5. The maximum absolute atomic E-state index is 6.26. The van der Waals surface area contributed by atoms with Crippen LogP contribution in [0.2, 0.25) is 0 Å². The number of benzene rings is 2. The molecule has 4 rings (SSSR count). The van der Waals surface area contributed by atoms with E-state index < -0.39 is 0 Å². The number of hydrogen-bond donors (Lipinski definition) is 0. The summed E-state index contributed by atoms with van der Waals surface area (Å²) >= 11 is 0. The van der Waals surface area contributed by atoms with Crippen LogP contribution < -0.4 is 9.47 Å². The smallest absolute Gasteiger partial charge is 0.178 e. The minimum atomic E-state index is -0.0440. The van der Waals surface area contributed by atoms with Crippen molar-refractivity contribution in [1.82, 2.24) is 0 Å². The van der Waals surface area contributed by atoms with E-state index in [0.29, 0.717) is 0 Å². The van der Waals surface area contributed by atoms with E-state index in [1.54, 1.807) is 6.08 Å². The van der Waals surface area contributed by atoms with Crippen LogP contribution in [0.3, 0.4) is 0 Å². The zero-order valence-electron chi connectivity index (χ0n) is 14.2. The molecule has 0 saturated carbocycles. The van der Waals surface area contributed by atoms with Crippen LogP contribution in [0.15, 0.2) is 72.7 Å². The fourth-order valence-corrected chi connectivity index (χ4v) is 3.63. The molecule has 120 valence electrons. The summed E-state index contributed by atoms with van der Waals surface area (Å²) < 4.78 is 12.3. The van der Waals surface area contributed by atoms with Crippen molar-refractivity contribution in [3.8, 4) is 22.6 Å². The maximum atomic E-state index is 6.26. The van der Waals surface area contributed by atoms with Gasteiger partial charge in [0.2, 0.25) is 0 Å². The fourth-order valence-electron chi connectivity index (χ4n) is 3.63. The summed E-state index contributed by atoms with van der Waals surface area (Å²) in [6.45, 7) is 10.1. The first-order chi connectivity index (χ1) is 11.5. The second-order valence-electron chi connectivity index (χ2n) is 6.71. The summed E-state index contributed by atoms with van der Waals surface area (Å²) in [4.78, 5) is 0. The largest absolute Gasteiger partial charge is 0.454 e. The van der Waals surface area contributed by atoms with E-state index in [-0.39, 0.29) is 5.41 Å². The van der Waals surface area contributed by atoms with E-state index in [1.165, 1.54) is 16.7 Å². The van der Waals surface area contributed by atoms with Gasteiger partial charge in [0.1, 0.15) is 5.76 Å². The van der Waals surface area contributed by atoms with Gasteiger partial charge >= 0.3 is 0 Å². The van der Waals surface area contributed by atoms with Crippen molar-refractivity contribution in [2.45, 2.75) is 26.2 Å². The van der Waals surface area contributed by atoms with E-state index in [0.717, 1.165) is 28.6 Å². The molecule has 0 saturated heterocycles. The van der Waals surface area contributed by atoms with Crippen LogP contribution in [0.1, 0.15) is 31.9 Å². The van der Waals surface area contributed by atoms with Gasteiger partial charge in [0.05, 0.1) is 0 Å². The second kappa shape index (κ2) is 5.13. The van der Waals surface area contributed by atoms with Gasteiger partial charge in [-0.15, -0.1) is 0 Å². The highest BCUT2D eigenvalue weighted by molar-refractivity contribution is 5.87. The molecule has 24 heavy (non-hydrogen) atoms. The average Bonchev–Trinajstić information content (AvgIpc) is 2.81. The lowest BCUT2D eigenvalue weighted by Gasteiger charge is -2.25. The Hall–Kier alpha value is -2.74. The molecule has 1 aliphatic heterocycles. The highest BCUT2D eigenvalue weighted by Gasteiger charge is 2.39. The number of hydrogen-bond acceptors (Lipinski definition) is 2. The molecule has 2 aliphatic rings. The van der Waals surface area contributed by atoms with Crippen molar-refractivity contribution in [2.75, 3.05) is 0 Å². The lowest BCUT2D eigenvalue weighted by Crippen LogP contribution is -2.15. The van der Waals surface area contributed by atoms with Gasteiger partial charge in [0.25, 0.3) is 0 Å². The fraction of sp³-hybridized carbons (Fsp3) is 0.182. The maximum Gasteiger partial charge on any atom is 0.178 e. The monoisotopic (exact) mass is 316 g/mol. The van der Waals surface area contributed by atoms with Gasteiger partial charge in [0, 0.05) is 11.0 Å². The van der Waals surface area contributed by atoms with Crippen molar-refractivity contribution in [2.24, 2.45) is 0 Å². The highest BCUT2D eigenvalue weighted by Crippen LogP contribution is 2.55. The predicted octanol–water partition coefficient (Wildman–Crippen LogP) is 5.74. The third-order valence-corrected chi connectivity index (χ3v) is 4.87. The van der Waals surface area contributed by atoms with Gasteiger partial charge in [-0.25, -0.2) is 0 Å². The molecule has 0 spiro atoms. The van der Waals surface area contributed by atoms with Crippen molar-refractivity contribution in [3.05, 3.63) is 83.9 Å². The van der Waals surface area contributed by atoms with Gasteiger partial charge in [0.15, 0.2) is 17.3 Å². The molecule has 0 unspecified atom stereocenters. The molecule has 0 bridgehead atoms. The van der Waals surface area contributed by atoms with Crippen LogP contribution in [0, 0.1) is 0 Å². The van der Waals surface area contributed by atoms with Crippen molar-refractivity contribution in [3.63, 3.8) is 0 Å². The van der Waals surface area contributed by atoms with E-state index in [1.807, 2.05) is 25.1 Å². The van der Waals surface area contributed by atoms with Gasteiger partial charge in [-0.1, -0.05) is 62.9 Å². The molecule has 2 heteroatoms. The third kappa shape index (κ3) is 1.96. The van der Waals surface area contributed by atoms with Crippen LogP contribution >= 0.6 is 0 Å². The molecule has 1 aliphatic carbocycles. The zero-order chi connectivity index (χ0) is 16.9. The molecule has 2 aromatic rings. The molecular weight excluding hydrogens is 296 g/mol. The molecule has 0 aromatic heterocycles. The van der Waals surface area contributed by atoms with Gasteiger partial charge in [-0.05, 0) is 35.8 Å². The van der Waals surface area contributed by atoms with Crippen molar-refractivity contribution in [1.29, 1.82) is 0 Å². The van der Waals surface area contributed by atoms with Crippen LogP contribution in [-0.4, -0.2) is 0 Å². The quantitative estimate of drug-likeness (QED) is 0.658. The lowest BCUT2D eigenvalue weighted by atomic mass is 9.82. The summed E-state index contributed by atoms with van der Waals surface area (Å²) in [5.74, 6) is 3.05. The molecule has 2 aromatic carbocycles. The summed E-state index contributed by atoms with van der Waals surface area (Å²) in [5, 5.41) is 0. The normalized spacial score (nSPS) is 17.0. The molecule has 1 heterocycles. The first-order valence-electron chi connectivity index (χ1n) is 8.17. The number of rotatable bonds is 2. The molecule has 2 nitrogen and oxygen atoms in total. The van der Waals surface area contributed by atoms with Crippen LogP contribution in [0.25, 0.3) is 11.1 Å². The Morgan fingerprint density at radius 2 is 1.79 bits per heavy atom. The Kier molecular flexibility index (Phi) is 3.17. The summed E-state index contributed by atoms with van der Waals surface area (Å²) in [6, 6.07) is 12.7. The number of ether oxygens (including phenoxy) is 2. The van der Waals surface area contributed by atoms with Gasteiger partial charge < -0.3 is 9.47 Å². The Morgan fingerprint density at radius 3 is 2.58 bits per heavy atom. The van der Waals surface area contributed by atoms with Crippen LogP contribution in [0.4, 0.5) is 0 Å². The molecule has 0 N–H and O–H groups in total. The zero-order valence-corrected chi connectivity index (χ0v) is 14.2. The Bertz CT molecular complexity index is 914. The number of allylic oxidation sites excluding steroid dienone is 4. The van der Waals surface area contributed by atoms with E-state index in [4.69, 9.17) is 9.47 Å². The Labute approximate surface area is 142 Å². The third-order valence-electron chi connectivity index (χ3n) is 4.87. The highest BCUT2D eigenvalue weighted by atomic mass is 16.6. The minimum Gasteiger partial charge on any atom is -0.454 e. The average molecular weight is 316 g/mol. The van der Waals surface area contributed by atoms with Gasteiger partial charge in [-0.3, -0.25) is 0 Å². The van der Waals surface area contributed by atoms with Crippen LogP contribution in [-0.2, 0) is 5.41 Å². The molecule has 0 radical (unpaired) electrons. The van der Waals surface area contributed by atoms with E-state index >= 15 is 0 Å². The lowest BCUT2D eigenvalue weighted by molar-refractivity contribution is 0.307. The first-order valence-corrected chi connectivity index (χ1v) is 8.17. The topological polar surface area (TPSA) is 18.5 Å². The molecular formula is C22H20O2. The molecule has 0 amide bonds. The standard InChI is InChI=1S/C22H20O2/c1-5-6-11-18-14(2)23-19-13-12-17-20(21(19)24-18)15-9-7-8-10-16(15)22(17,3)4/h5-13H,1H2,2-4H3/b11-6-. The SMILES string of the molecule is C=C/C=C\C1=C(C)Oc2ccc3c(c2O1)-c1ccccc1C3(C)C. The van der Waals surface area contributed by atoms with E-state index in [2.05, 4.69) is 50.8 Å².